The summed E-state index contributed by atoms with van der Waals surface area (Å²) in [5, 5.41) is 13.4. The topological polar surface area (TPSA) is 112 Å². The number of rotatable bonds is 9. The fraction of sp³-hybridized carbons (Fsp3) is 0.360. The molecule has 0 bridgehead atoms. The van der Waals surface area contributed by atoms with Crippen LogP contribution in [0.3, 0.4) is 0 Å². The van der Waals surface area contributed by atoms with E-state index in [4.69, 9.17) is 18.7 Å². The highest BCUT2D eigenvalue weighted by Gasteiger charge is 2.18. The van der Waals surface area contributed by atoms with Crippen LogP contribution in [0.2, 0.25) is 0 Å². The van der Waals surface area contributed by atoms with Crippen LogP contribution in [0.5, 0.6) is 11.5 Å². The summed E-state index contributed by atoms with van der Waals surface area (Å²) in [6.07, 6.45) is 1.54. The molecule has 1 aromatic carbocycles. The number of nitrogens with zero attached hydrogens (tertiary/aromatic N) is 4. The molecule has 0 spiro atoms. The van der Waals surface area contributed by atoms with E-state index >= 15 is 0 Å². The zero-order chi connectivity index (χ0) is 24.8. The Bertz CT molecular complexity index is 1250. The van der Waals surface area contributed by atoms with Gasteiger partial charge < -0.3 is 23.3 Å². The minimum Gasteiger partial charge on any atom is -0.497 e. The van der Waals surface area contributed by atoms with Gasteiger partial charge in [0, 0.05) is 24.0 Å². The van der Waals surface area contributed by atoms with Gasteiger partial charge in [0.05, 0.1) is 19.8 Å². The molecule has 2 heterocycles. The molecular formula is C25H28N4O5. The lowest BCUT2D eigenvalue weighted by molar-refractivity contribution is -0.140. The number of aromatic nitrogens is 3. The Labute approximate surface area is 198 Å². The van der Waals surface area contributed by atoms with Crippen molar-refractivity contribution < 1.29 is 23.5 Å². The first-order valence-corrected chi connectivity index (χ1v) is 10.8. The summed E-state index contributed by atoms with van der Waals surface area (Å²) >= 11 is 0. The van der Waals surface area contributed by atoms with Crippen molar-refractivity contribution >= 4 is 12.0 Å². The first-order chi connectivity index (χ1) is 16.3. The van der Waals surface area contributed by atoms with Gasteiger partial charge in [0.25, 0.3) is 5.89 Å². The van der Waals surface area contributed by atoms with Gasteiger partial charge in [0.15, 0.2) is 6.61 Å². The second-order valence-corrected chi connectivity index (χ2v) is 8.15. The van der Waals surface area contributed by atoms with Crippen molar-refractivity contribution in [3.8, 4) is 29.0 Å². The molecule has 0 unspecified atom stereocenters. The standard InChI is InChI=1S/C25H28N4O5/c1-15(2)13-29-16(3)9-18(17(29)4)10-19(12-26)25(30)33-14-23-27-24(28-34-23)21-8-7-20(31-5)11-22(21)32-6/h7-11,15H,13-14H2,1-6H3/b19-10-. The van der Waals surface area contributed by atoms with Crippen molar-refractivity contribution in [1.82, 2.24) is 14.7 Å². The van der Waals surface area contributed by atoms with E-state index in [0.29, 0.717) is 23.0 Å². The number of hydrogen-bond acceptors (Lipinski definition) is 8. The normalized spacial score (nSPS) is 11.4. The van der Waals surface area contributed by atoms with E-state index in [-0.39, 0.29) is 23.9 Å². The van der Waals surface area contributed by atoms with E-state index in [0.717, 1.165) is 23.5 Å². The van der Waals surface area contributed by atoms with Crippen molar-refractivity contribution in [1.29, 1.82) is 5.26 Å². The van der Waals surface area contributed by atoms with Gasteiger partial charge in [-0.3, -0.25) is 0 Å². The number of ether oxygens (including phenoxy) is 3. The molecule has 34 heavy (non-hydrogen) atoms. The molecule has 0 amide bonds. The summed E-state index contributed by atoms with van der Waals surface area (Å²) in [7, 11) is 3.08. The van der Waals surface area contributed by atoms with Gasteiger partial charge >= 0.3 is 5.97 Å². The first kappa shape index (κ1) is 24.6. The maximum absolute atomic E-state index is 12.5. The largest absolute Gasteiger partial charge is 0.497 e. The molecule has 0 aliphatic heterocycles. The molecule has 0 fully saturated rings. The molecule has 0 aliphatic carbocycles. The zero-order valence-electron chi connectivity index (χ0n) is 20.2. The van der Waals surface area contributed by atoms with Gasteiger partial charge in [-0.05, 0) is 49.6 Å². The highest BCUT2D eigenvalue weighted by molar-refractivity contribution is 5.98. The smallest absolute Gasteiger partial charge is 0.349 e. The van der Waals surface area contributed by atoms with E-state index in [2.05, 4.69) is 28.6 Å². The number of hydrogen-bond donors (Lipinski definition) is 0. The minimum atomic E-state index is -0.766. The number of benzene rings is 1. The van der Waals surface area contributed by atoms with E-state index in [1.807, 2.05) is 26.0 Å². The number of carbonyl (C=O) groups excluding carboxylic acids is 1. The lowest BCUT2D eigenvalue weighted by Gasteiger charge is -2.12. The van der Waals surface area contributed by atoms with E-state index in [1.54, 1.807) is 31.4 Å². The molecule has 0 atom stereocenters. The van der Waals surface area contributed by atoms with Crippen molar-refractivity contribution in [3.63, 3.8) is 0 Å². The summed E-state index contributed by atoms with van der Waals surface area (Å²) in [6, 6.07) is 9.06. The summed E-state index contributed by atoms with van der Waals surface area (Å²) in [5.41, 5.74) is 3.34. The van der Waals surface area contributed by atoms with Crippen LogP contribution in [-0.4, -0.2) is 34.9 Å². The molecule has 0 N–H and O–H groups in total. The number of aryl methyl sites for hydroxylation is 1. The fourth-order valence-corrected chi connectivity index (χ4v) is 3.52. The lowest BCUT2D eigenvalue weighted by Crippen LogP contribution is -2.08. The second kappa shape index (κ2) is 10.7. The number of nitriles is 1. The van der Waals surface area contributed by atoms with Gasteiger partial charge in [-0.2, -0.15) is 10.2 Å². The Morgan fingerprint density at radius 2 is 2.00 bits per heavy atom. The van der Waals surface area contributed by atoms with Gasteiger partial charge in [-0.25, -0.2) is 4.79 Å². The molecule has 0 saturated heterocycles. The molecule has 3 aromatic rings. The Hall–Kier alpha value is -4.06. The third-order valence-corrected chi connectivity index (χ3v) is 5.25. The Balaban J connectivity index is 1.73. The Kier molecular flexibility index (Phi) is 7.74. The average molecular weight is 465 g/mol. The lowest BCUT2D eigenvalue weighted by atomic mass is 10.1. The zero-order valence-corrected chi connectivity index (χ0v) is 20.2. The molecular weight excluding hydrogens is 436 g/mol. The average Bonchev–Trinajstić information content (AvgIpc) is 3.40. The van der Waals surface area contributed by atoms with Crippen molar-refractivity contribution in [2.75, 3.05) is 14.2 Å². The number of methoxy groups -OCH3 is 2. The third-order valence-electron chi connectivity index (χ3n) is 5.25. The third kappa shape index (κ3) is 5.46. The second-order valence-electron chi connectivity index (χ2n) is 8.15. The molecule has 9 heteroatoms. The summed E-state index contributed by atoms with van der Waals surface area (Å²) in [4.78, 5) is 16.8. The molecule has 9 nitrogen and oxygen atoms in total. The van der Waals surface area contributed by atoms with Gasteiger partial charge in [0.1, 0.15) is 23.1 Å². The van der Waals surface area contributed by atoms with Gasteiger partial charge in [-0.15, -0.1) is 0 Å². The molecule has 3 rings (SSSR count). The van der Waals surface area contributed by atoms with Crippen LogP contribution in [0.1, 0.15) is 36.7 Å². The van der Waals surface area contributed by atoms with Crippen LogP contribution in [0.4, 0.5) is 0 Å². The van der Waals surface area contributed by atoms with Crippen LogP contribution in [0, 0.1) is 31.1 Å². The van der Waals surface area contributed by atoms with Crippen LogP contribution >= 0.6 is 0 Å². The molecule has 0 radical (unpaired) electrons. The maximum Gasteiger partial charge on any atom is 0.349 e. The predicted molar refractivity (Wildman–Crippen MR) is 125 cm³/mol. The maximum atomic E-state index is 12.5. The summed E-state index contributed by atoms with van der Waals surface area (Å²) in [6.45, 7) is 8.84. The minimum absolute atomic E-state index is 0.0913. The first-order valence-electron chi connectivity index (χ1n) is 10.8. The highest BCUT2D eigenvalue weighted by Crippen LogP contribution is 2.31. The van der Waals surface area contributed by atoms with Crippen molar-refractivity contribution in [2.45, 2.75) is 40.8 Å². The number of esters is 1. The Morgan fingerprint density at radius 1 is 1.24 bits per heavy atom. The Morgan fingerprint density at radius 3 is 2.65 bits per heavy atom. The summed E-state index contributed by atoms with van der Waals surface area (Å²) < 4.78 is 23.2. The monoisotopic (exact) mass is 464 g/mol. The van der Waals surface area contributed by atoms with Gasteiger partial charge in [-0.1, -0.05) is 19.0 Å². The molecule has 0 aliphatic rings. The van der Waals surface area contributed by atoms with E-state index in [1.165, 1.54) is 7.11 Å². The van der Waals surface area contributed by atoms with Crippen molar-refractivity contribution in [3.05, 3.63) is 52.7 Å². The van der Waals surface area contributed by atoms with Crippen molar-refractivity contribution in [2.24, 2.45) is 5.92 Å². The van der Waals surface area contributed by atoms with Crippen LogP contribution in [0.15, 0.2) is 34.4 Å². The number of carbonyl (C=O) groups is 1. The summed E-state index contributed by atoms with van der Waals surface area (Å²) in [5.74, 6) is 1.21. The van der Waals surface area contributed by atoms with Gasteiger partial charge in [0.2, 0.25) is 5.82 Å². The molecule has 2 aromatic heterocycles. The highest BCUT2D eigenvalue weighted by atomic mass is 16.6. The SMILES string of the molecule is COc1ccc(-c2noc(COC(=O)/C(C#N)=C\c3cc(C)n(CC(C)C)c3C)n2)c(OC)c1. The quantitative estimate of drug-likeness (QED) is 0.259. The van der Waals surface area contributed by atoms with Crippen LogP contribution < -0.4 is 9.47 Å². The molecule has 0 saturated carbocycles. The molecule has 178 valence electrons. The van der Waals surface area contributed by atoms with Crippen LogP contribution in [0.25, 0.3) is 17.5 Å². The predicted octanol–water partition coefficient (Wildman–Crippen LogP) is 4.48. The fourth-order valence-electron chi connectivity index (χ4n) is 3.52. The van der Waals surface area contributed by atoms with E-state index < -0.39 is 5.97 Å². The van der Waals surface area contributed by atoms with E-state index in [9.17, 15) is 10.1 Å². The van der Waals surface area contributed by atoms with Crippen LogP contribution in [-0.2, 0) is 22.7 Å².